The van der Waals surface area contributed by atoms with Gasteiger partial charge in [-0.15, -0.1) is 0 Å². The Morgan fingerprint density at radius 3 is 2.35 bits per heavy atom. The number of nitrogens with zero attached hydrogens (tertiary/aromatic N) is 1. The standard InChI is InChI=1S/C13H24F2N2/c14-13(15,10-12-4-2-1-3-5-12)11-17-8-6-16-7-9-17/h12,16H,1-11H2. The summed E-state index contributed by atoms with van der Waals surface area (Å²) in [5, 5.41) is 3.20. The molecule has 0 aromatic rings. The van der Waals surface area contributed by atoms with Crippen LogP contribution in [0.1, 0.15) is 38.5 Å². The van der Waals surface area contributed by atoms with E-state index in [-0.39, 0.29) is 18.9 Å². The Kier molecular flexibility index (Phi) is 4.74. The molecule has 0 aromatic heterocycles. The molecule has 1 aliphatic carbocycles. The summed E-state index contributed by atoms with van der Waals surface area (Å²) in [6.07, 6.45) is 5.66. The average Bonchev–Trinajstić information content (AvgIpc) is 2.30. The Balaban J connectivity index is 1.75. The predicted molar refractivity (Wildman–Crippen MR) is 65.4 cm³/mol. The second kappa shape index (κ2) is 6.10. The average molecular weight is 246 g/mol. The molecule has 0 spiro atoms. The third kappa shape index (κ3) is 4.51. The smallest absolute Gasteiger partial charge is 0.260 e. The van der Waals surface area contributed by atoms with E-state index in [1.807, 2.05) is 4.90 Å². The van der Waals surface area contributed by atoms with Gasteiger partial charge in [-0.25, -0.2) is 8.78 Å². The maximum atomic E-state index is 13.9. The summed E-state index contributed by atoms with van der Waals surface area (Å²) in [4.78, 5) is 1.90. The van der Waals surface area contributed by atoms with Gasteiger partial charge in [0, 0.05) is 32.6 Å². The van der Waals surface area contributed by atoms with Gasteiger partial charge in [0.1, 0.15) is 0 Å². The summed E-state index contributed by atoms with van der Waals surface area (Å²) < 4.78 is 27.9. The molecule has 1 saturated heterocycles. The van der Waals surface area contributed by atoms with Gasteiger partial charge >= 0.3 is 0 Å². The molecule has 1 saturated carbocycles. The Morgan fingerprint density at radius 2 is 1.71 bits per heavy atom. The number of piperazine rings is 1. The lowest BCUT2D eigenvalue weighted by Gasteiger charge is -2.33. The first-order valence-corrected chi connectivity index (χ1v) is 6.97. The van der Waals surface area contributed by atoms with Crippen LogP contribution in [0.3, 0.4) is 0 Å². The van der Waals surface area contributed by atoms with Gasteiger partial charge in [-0.3, -0.25) is 4.90 Å². The first-order chi connectivity index (χ1) is 8.16. The number of hydrogen-bond donors (Lipinski definition) is 1. The molecule has 2 aliphatic rings. The summed E-state index contributed by atoms with van der Waals surface area (Å²) in [5.74, 6) is -2.22. The highest BCUT2D eigenvalue weighted by atomic mass is 19.3. The van der Waals surface area contributed by atoms with Crippen molar-refractivity contribution in [2.24, 2.45) is 5.92 Å². The highest BCUT2D eigenvalue weighted by molar-refractivity contribution is 4.80. The van der Waals surface area contributed by atoms with E-state index in [2.05, 4.69) is 5.32 Å². The first kappa shape index (κ1) is 13.2. The summed E-state index contributed by atoms with van der Waals surface area (Å²) in [6.45, 7) is 3.19. The van der Waals surface area contributed by atoms with Gasteiger partial charge in [0.15, 0.2) is 0 Å². The Labute approximate surface area is 103 Å². The number of halogens is 2. The zero-order valence-corrected chi connectivity index (χ0v) is 10.6. The first-order valence-electron chi connectivity index (χ1n) is 6.97. The lowest BCUT2D eigenvalue weighted by Crippen LogP contribution is -2.48. The minimum atomic E-state index is -2.49. The van der Waals surface area contributed by atoms with E-state index < -0.39 is 5.92 Å². The molecule has 0 amide bonds. The molecule has 0 unspecified atom stereocenters. The largest absolute Gasteiger partial charge is 0.314 e. The minimum absolute atomic E-state index is 0.0365. The summed E-state index contributed by atoms with van der Waals surface area (Å²) >= 11 is 0. The summed E-state index contributed by atoms with van der Waals surface area (Å²) in [6, 6.07) is 0. The number of rotatable bonds is 4. The van der Waals surface area contributed by atoms with Crippen LogP contribution in [0.15, 0.2) is 0 Å². The van der Waals surface area contributed by atoms with E-state index in [0.717, 1.165) is 51.9 Å². The Morgan fingerprint density at radius 1 is 1.06 bits per heavy atom. The molecule has 0 atom stereocenters. The molecule has 2 nitrogen and oxygen atoms in total. The van der Waals surface area contributed by atoms with Crippen molar-refractivity contribution < 1.29 is 8.78 Å². The molecule has 2 rings (SSSR count). The molecule has 2 fully saturated rings. The van der Waals surface area contributed by atoms with Crippen molar-refractivity contribution in [1.29, 1.82) is 0 Å². The van der Waals surface area contributed by atoms with E-state index in [1.54, 1.807) is 0 Å². The van der Waals surface area contributed by atoms with Gasteiger partial charge in [-0.2, -0.15) is 0 Å². The van der Waals surface area contributed by atoms with E-state index in [9.17, 15) is 8.78 Å². The topological polar surface area (TPSA) is 15.3 Å². The van der Waals surface area contributed by atoms with Crippen LogP contribution >= 0.6 is 0 Å². The van der Waals surface area contributed by atoms with Crippen LogP contribution in [0, 0.1) is 5.92 Å². The van der Waals surface area contributed by atoms with Gasteiger partial charge in [0.05, 0.1) is 6.54 Å². The van der Waals surface area contributed by atoms with Gasteiger partial charge in [0.2, 0.25) is 0 Å². The molecular weight excluding hydrogens is 222 g/mol. The molecule has 4 heteroatoms. The van der Waals surface area contributed by atoms with Crippen molar-refractivity contribution >= 4 is 0 Å². The monoisotopic (exact) mass is 246 g/mol. The fourth-order valence-corrected chi connectivity index (χ4v) is 3.07. The van der Waals surface area contributed by atoms with Crippen LogP contribution in [0.4, 0.5) is 8.78 Å². The van der Waals surface area contributed by atoms with Crippen LogP contribution in [-0.4, -0.2) is 43.5 Å². The van der Waals surface area contributed by atoms with Crippen molar-refractivity contribution in [3.8, 4) is 0 Å². The highest BCUT2D eigenvalue weighted by Crippen LogP contribution is 2.33. The fraction of sp³-hybridized carbons (Fsp3) is 1.00. The predicted octanol–water partition coefficient (Wildman–Crippen LogP) is 2.50. The van der Waals surface area contributed by atoms with E-state index in [0.29, 0.717) is 0 Å². The second-order valence-corrected chi connectivity index (χ2v) is 5.59. The molecule has 1 N–H and O–H groups in total. The van der Waals surface area contributed by atoms with Crippen LogP contribution < -0.4 is 5.32 Å². The van der Waals surface area contributed by atoms with Crippen LogP contribution in [0.25, 0.3) is 0 Å². The third-order valence-corrected chi connectivity index (χ3v) is 3.98. The SMILES string of the molecule is FC(F)(CC1CCCCC1)CN1CCNCC1. The maximum Gasteiger partial charge on any atom is 0.260 e. The Hall–Kier alpha value is -0.220. The van der Waals surface area contributed by atoms with Crippen molar-refractivity contribution in [3.63, 3.8) is 0 Å². The lowest BCUT2D eigenvalue weighted by atomic mass is 9.85. The van der Waals surface area contributed by atoms with E-state index in [1.165, 1.54) is 6.42 Å². The highest BCUT2D eigenvalue weighted by Gasteiger charge is 2.35. The normalized spacial score (nSPS) is 25.1. The molecular formula is C13H24F2N2. The Bertz CT molecular complexity index is 199. The van der Waals surface area contributed by atoms with Crippen molar-refractivity contribution in [2.75, 3.05) is 32.7 Å². The second-order valence-electron chi connectivity index (χ2n) is 5.59. The maximum absolute atomic E-state index is 13.9. The van der Waals surface area contributed by atoms with Gasteiger partial charge < -0.3 is 5.32 Å². The summed E-state index contributed by atoms with van der Waals surface area (Å²) in [5.41, 5.74) is 0. The van der Waals surface area contributed by atoms with Gasteiger partial charge in [0.25, 0.3) is 5.92 Å². The van der Waals surface area contributed by atoms with Gasteiger partial charge in [-0.05, 0) is 5.92 Å². The zero-order valence-electron chi connectivity index (χ0n) is 10.6. The van der Waals surface area contributed by atoms with Crippen molar-refractivity contribution in [1.82, 2.24) is 10.2 Å². The molecule has 1 heterocycles. The van der Waals surface area contributed by atoms with E-state index in [4.69, 9.17) is 0 Å². The van der Waals surface area contributed by atoms with Crippen LogP contribution in [-0.2, 0) is 0 Å². The van der Waals surface area contributed by atoms with Crippen molar-refractivity contribution in [3.05, 3.63) is 0 Å². The third-order valence-electron chi connectivity index (χ3n) is 3.98. The quantitative estimate of drug-likeness (QED) is 0.820. The van der Waals surface area contributed by atoms with Crippen LogP contribution in [0.2, 0.25) is 0 Å². The lowest BCUT2D eigenvalue weighted by molar-refractivity contribution is -0.0566. The number of nitrogens with one attached hydrogen (secondary N) is 1. The molecule has 100 valence electrons. The van der Waals surface area contributed by atoms with Gasteiger partial charge in [-0.1, -0.05) is 32.1 Å². The van der Waals surface area contributed by atoms with Crippen LogP contribution in [0.5, 0.6) is 0 Å². The summed E-state index contributed by atoms with van der Waals surface area (Å²) in [7, 11) is 0. The zero-order chi connectivity index (χ0) is 12.1. The molecule has 1 aliphatic heterocycles. The molecule has 0 radical (unpaired) electrons. The minimum Gasteiger partial charge on any atom is -0.314 e. The fourth-order valence-electron chi connectivity index (χ4n) is 3.07. The number of alkyl halides is 2. The molecule has 17 heavy (non-hydrogen) atoms. The van der Waals surface area contributed by atoms with E-state index >= 15 is 0 Å². The molecule has 0 bridgehead atoms. The number of hydrogen-bond acceptors (Lipinski definition) is 2. The molecule has 0 aromatic carbocycles. The van der Waals surface area contributed by atoms with Crippen molar-refractivity contribution in [2.45, 2.75) is 44.4 Å².